The summed E-state index contributed by atoms with van der Waals surface area (Å²) < 4.78 is 28.9. The molecule has 0 fully saturated rings. The van der Waals surface area contributed by atoms with Gasteiger partial charge in [0.15, 0.2) is 0 Å². The molecule has 0 aliphatic carbocycles. The standard InChI is InChI=1S/C13H20N6O2S/c1-17-7-11(5-15-17)8-18-9-12-3-4-14-19(12)13(10-18)6-16-22(2,20)21/h3-5,7,13,16H,6,8-10H2,1-2H3/t13-/m0/s1. The molecular formula is C13H20N6O2S. The lowest BCUT2D eigenvalue weighted by Crippen LogP contribution is -2.42. The Morgan fingerprint density at radius 3 is 2.91 bits per heavy atom. The minimum Gasteiger partial charge on any atom is -0.291 e. The third-order valence-corrected chi connectivity index (χ3v) is 4.39. The Hall–Kier alpha value is -1.71. The number of hydrogen-bond acceptors (Lipinski definition) is 5. The van der Waals surface area contributed by atoms with E-state index < -0.39 is 10.0 Å². The first-order valence-electron chi connectivity index (χ1n) is 7.07. The quantitative estimate of drug-likeness (QED) is 0.818. The Morgan fingerprint density at radius 2 is 2.23 bits per heavy atom. The van der Waals surface area contributed by atoms with Crippen molar-refractivity contribution < 1.29 is 8.42 Å². The molecule has 0 unspecified atom stereocenters. The molecule has 0 saturated heterocycles. The molecule has 0 amide bonds. The van der Waals surface area contributed by atoms with Crippen LogP contribution in [-0.4, -0.2) is 52.2 Å². The second-order valence-electron chi connectivity index (χ2n) is 5.73. The van der Waals surface area contributed by atoms with Crippen LogP contribution in [0.1, 0.15) is 17.3 Å². The number of rotatable bonds is 5. The fourth-order valence-corrected chi connectivity index (χ4v) is 3.29. The van der Waals surface area contributed by atoms with Crippen LogP contribution in [0.2, 0.25) is 0 Å². The van der Waals surface area contributed by atoms with Crippen molar-refractivity contribution in [2.45, 2.75) is 19.1 Å². The molecule has 8 nitrogen and oxygen atoms in total. The maximum atomic E-state index is 11.3. The zero-order valence-corrected chi connectivity index (χ0v) is 13.5. The zero-order chi connectivity index (χ0) is 15.7. The highest BCUT2D eigenvalue weighted by atomic mass is 32.2. The summed E-state index contributed by atoms with van der Waals surface area (Å²) >= 11 is 0. The van der Waals surface area contributed by atoms with Crippen molar-refractivity contribution in [3.63, 3.8) is 0 Å². The van der Waals surface area contributed by atoms with Crippen molar-refractivity contribution >= 4 is 10.0 Å². The van der Waals surface area contributed by atoms with Gasteiger partial charge >= 0.3 is 0 Å². The monoisotopic (exact) mass is 324 g/mol. The van der Waals surface area contributed by atoms with Gasteiger partial charge in [0, 0.05) is 51.2 Å². The van der Waals surface area contributed by atoms with Crippen LogP contribution >= 0.6 is 0 Å². The Bertz CT molecular complexity index is 750. The van der Waals surface area contributed by atoms with E-state index in [2.05, 4.69) is 19.8 Å². The van der Waals surface area contributed by atoms with E-state index in [-0.39, 0.29) is 6.04 Å². The van der Waals surface area contributed by atoms with Crippen molar-refractivity contribution in [2.24, 2.45) is 7.05 Å². The van der Waals surface area contributed by atoms with Crippen molar-refractivity contribution in [1.82, 2.24) is 29.2 Å². The van der Waals surface area contributed by atoms with Gasteiger partial charge in [0.1, 0.15) is 0 Å². The summed E-state index contributed by atoms with van der Waals surface area (Å²) in [6.07, 6.45) is 6.79. The smallest absolute Gasteiger partial charge is 0.208 e. The Kier molecular flexibility index (Phi) is 4.02. The van der Waals surface area contributed by atoms with Gasteiger partial charge in [0.25, 0.3) is 0 Å². The molecule has 120 valence electrons. The maximum absolute atomic E-state index is 11.3. The third kappa shape index (κ3) is 3.54. The number of hydrogen-bond donors (Lipinski definition) is 1. The zero-order valence-electron chi connectivity index (χ0n) is 12.7. The molecule has 1 aliphatic rings. The van der Waals surface area contributed by atoms with E-state index in [1.54, 1.807) is 10.9 Å². The molecule has 3 heterocycles. The highest BCUT2D eigenvalue weighted by molar-refractivity contribution is 7.88. The molecule has 1 N–H and O–H groups in total. The van der Waals surface area contributed by atoms with E-state index in [4.69, 9.17) is 0 Å². The summed E-state index contributed by atoms with van der Waals surface area (Å²) in [6.45, 7) is 2.67. The van der Waals surface area contributed by atoms with Gasteiger partial charge in [-0.05, 0) is 6.07 Å². The number of sulfonamides is 1. The first-order valence-corrected chi connectivity index (χ1v) is 8.97. The van der Waals surface area contributed by atoms with E-state index in [0.29, 0.717) is 6.54 Å². The number of aromatic nitrogens is 4. The minimum absolute atomic E-state index is 0.00912. The van der Waals surface area contributed by atoms with Crippen LogP contribution in [0.5, 0.6) is 0 Å². The molecule has 2 aromatic rings. The lowest BCUT2D eigenvalue weighted by molar-refractivity contribution is 0.168. The van der Waals surface area contributed by atoms with Crippen LogP contribution in [0.25, 0.3) is 0 Å². The van der Waals surface area contributed by atoms with Crippen molar-refractivity contribution in [2.75, 3.05) is 19.3 Å². The summed E-state index contributed by atoms with van der Waals surface area (Å²) in [6, 6.07) is 1.97. The molecule has 2 aromatic heterocycles. The first-order chi connectivity index (χ1) is 10.4. The van der Waals surface area contributed by atoms with Crippen LogP contribution in [-0.2, 0) is 30.2 Å². The minimum atomic E-state index is -3.21. The fourth-order valence-electron chi connectivity index (χ4n) is 2.80. The van der Waals surface area contributed by atoms with Crippen molar-refractivity contribution in [3.8, 4) is 0 Å². The van der Waals surface area contributed by atoms with Gasteiger partial charge in [0.2, 0.25) is 10.0 Å². The topological polar surface area (TPSA) is 85.0 Å². The Balaban J connectivity index is 1.73. The van der Waals surface area contributed by atoms with Gasteiger partial charge in [-0.3, -0.25) is 14.3 Å². The molecule has 3 rings (SSSR count). The van der Waals surface area contributed by atoms with E-state index in [9.17, 15) is 8.42 Å². The highest BCUT2D eigenvalue weighted by Crippen LogP contribution is 2.21. The molecule has 0 aromatic carbocycles. The van der Waals surface area contributed by atoms with E-state index in [1.807, 2.05) is 30.2 Å². The Labute approximate surface area is 129 Å². The second kappa shape index (κ2) is 5.82. The molecule has 22 heavy (non-hydrogen) atoms. The van der Waals surface area contributed by atoms with E-state index in [0.717, 1.165) is 30.9 Å². The van der Waals surface area contributed by atoms with Crippen LogP contribution in [0.4, 0.5) is 0 Å². The number of aryl methyl sites for hydroxylation is 1. The normalized spacial score (nSPS) is 19.3. The van der Waals surface area contributed by atoms with Gasteiger partial charge in [-0.25, -0.2) is 13.1 Å². The molecule has 9 heteroatoms. The molecule has 0 radical (unpaired) electrons. The molecule has 0 saturated carbocycles. The van der Waals surface area contributed by atoms with Crippen molar-refractivity contribution in [3.05, 3.63) is 35.9 Å². The number of nitrogens with zero attached hydrogens (tertiary/aromatic N) is 5. The third-order valence-electron chi connectivity index (χ3n) is 3.70. The molecular weight excluding hydrogens is 304 g/mol. The lowest BCUT2D eigenvalue weighted by Gasteiger charge is -2.33. The van der Waals surface area contributed by atoms with Gasteiger partial charge < -0.3 is 0 Å². The highest BCUT2D eigenvalue weighted by Gasteiger charge is 2.26. The predicted octanol–water partition coefficient (Wildman–Crippen LogP) is -0.277. The predicted molar refractivity (Wildman–Crippen MR) is 81.4 cm³/mol. The van der Waals surface area contributed by atoms with Crippen molar-refractivity contribution in [1.29, 1.82) is 0 Å². The summed E-state index contributed by atoms with van der Waals surface area (Å²) in [5.41, 5.74) is 2.24. The van der Waals surface area contributed by atoms with Crippen LogP contribution in [0, 0.1) is 0 Å². The van der Waals surface area contributed by atoms with Gasteiger partial charge in [0.05, 0.1) is 24.2 Å². The Morgan fingerprint density at radius 1 is 1.41 bits per heavy atom. The molecule has 0 spiro atoms. The SMILES string of the molecule is Cn1cc(CN2Cc3ccnn3[C@@H](CNS(C)(=O)=O)C2)cn1. The van der Waals surface area contributed by atoms with Crippen LogP contribution in [0.3, 0.4) is 0 Å². The van der Waals surface area contributed by atoms with Crippen LogP contribution in [0.15, 0.2) is 24.7 Å². The number of fused-ring (bicyclic) bond motifs is 1. The van der Waals surface area contributed by atoms with E-state index >= 15 is 0 Å². The average Bonchev–Trinajstić information content (AvgIpc) is 3.04. The van der Waals surface area contributed by atoms with Gasteiger partial charge in [-0.1, -0.05) is 0 Å². The summed E-state index contributed by atoms with van der Waals surface area (Å²) in [5.74, 6) is 0. The fraction of sp³-hybridized carbons (Fsp3) is 0.538. The lowest BCUT2D eigenvalue weighted by atomic mass is 10.1. The number of nitrogens with one attached hydrogen (secondary N) is 1. The molecule has 1 atom stereocenters. The van der Waals surface area contributed by atoms with Gasteiger partial charge in [-0.2, -0.15) is 10.2 Å². The molecule has 0 bridgehead atoms. The first kappa shape index (κ1) is 15.2. The second-order valence-corrected chi connectivity index (χ2v) is 7.57. The largest absolute Gasteiger partial charge is 0.291 e. The van der Waals surface area contributed by atoms with Crippen LogP contribution < -0.4 is 4.72 Å². The summed E-state index contributed by atoms with van der Waals surface area (Å²) in [7, 11) is -1.31. The van der Waals surface area contributed by atoms with Gasteiger partial charge in [-0.15, -0.1) is 0 Å². The molecule has 1 aliphatic heterocycles. The summed E-state index contributed by atoms with van der Waals surface area (Å²) in [5, 5.41) is 8.51. The summed E-state index contributed by atoms with van der Waals surface area (Å²) in [4.78, 5) is 2.28. The average molecular weight is 324 g/mol. The maximum Gasteiger partial charge on any atom is 0.208 e. The van der Waals surface area contributed by atoms with E-state index in [1.165, 1.54) is 6.26 Å².